The van der Waals surface area contributed by atoms with E-state index in [1.54, 1.807) is 0 Å². The van der Waals surface area contributed by atoms with E-state index in [0.717, 1.165) is 7.28 Å². The first-order valence-electron chi connectivity index (χ1n) is 2.40. The highest BCUT2D eigenvalue weighted by molar-refractivity contribution is 9.36. The van der Waals surface area contributed by atoms with Crippen LogP contribution >= 0.6 is 22.8 Å². The summed E-state index contributed by atoms with van der Waals surface area (Å²) in [6.07, 6.45) is 1.28. The number of halogens is 1. The molecule has 0 aromatic heterocycles. The maximum Gasteiger partial charge on any atom is -0.0206 e. The van der Waals surface area contributed by atoms with Gasteiger partial charge in [0.1, 0.15) is 0 Å². The van der Waals surface area contributed by atoms with Gasteiger partial charge in [0.05, 0.1) is 0 Å². The second-order valence-corrected chi connectivity index (χ2v) is 5.17. The molecule has 0 saturated heterocycles. The fourth-order valence-corrected chi connectivity index (χ4v) is 3.12. The van der Waals surface area contributed by atoms with Crippen molar-refractivity contribution in [2.45, 2.75) is 20.8 Å². The molecule has 44 valence electrons. The molecule has 0 spiro atoms. The predicted octanol–water partition coefficient (Wildman–Crippen LogP) is 3.02. The van der Waals surface area contributed by atoms with E-state index in [4.69, 9.17) is 0 Å². The van der Waals surface area contributed by atoms with Gasteiger partial charge < -0.3 is 0 Å². The number of rotatable bonds is 1. The lowest BCUT2D eigenvalue weighted by molar-refractivity contribution is 0.480. The van der Waals surface area contributed by atoms with Crippen molar-refractivity contribution in [3.63, 3.8) is 0 Å². The third-order valence-corrected chi connectivity index (χ3v) is 2.63. The first-order chi connectivity index (χ1) is 3.06. The summed E-state index contributed by atoms with van der Waals surface area (Å²) < 4.78 is 0. The van der Waals surface area contributed by atoms with Crippen LogP contribution in [0.3, 0.4) is 0 Å². The van der Waals surface area contributed by atoms with Crippen molar-refractivity contribution < 1.29 is 0 Å². The summed E-state index contributed by atoms with van der Waals surface area (Å²) in [7, 11) is 0.922. The van der Waals surface area contributed by atoms with Crippen LogP contribution in [0, 0.1) is 5.41 Å². The van der Waals surface area contributed by atoms with E-state index < -0.39 is 0 Å². The summed E-state index contributed by atoms with van der Waals surface area (Å²) in [4.78, 5) is 0. The van der Waals surface area contributed by atoms with Crippen molar-refractivity contribution in [2.75, 3.05) is 6.16 Å². The summed E-state index contributed by atoms with van der Waals surface area (Å²) in [6.45, 7) is 6.75. The highest BCUT2D eigenvalue weighted by Gasteiger charge is 2.06. The smallest absolute Gasteiger partial charge is 0.0206 e. The molecular formula is C5H12BrP. The van der Waals surface area contributed by atoms with Gasteiger partial charge in [-0.15, -0.1) is 0 Å². The molecule has 0 aliphatic carbocycles. The fourth-order valence-electron chi connectivity index (χ4n) is 0.200. The van der Waals surface area contributed by atoms with Gasteiger partial charge in [-0.3, -0.25) is 0 Å². The average molecular weight is 183 g/mol. The summed E-state index contributed by atoms with van der Waals surface area (Å²) in [5, 5.41) is 0. The Morgan fingerprint density at radius 1 is 1.43 bits per heavy atom. The Kier molecular flexibility index (Phi) is 3.44. The van der Waals surface area contributed by atoms with Crippen LogP contribution in [0.4, 0.5) is 0 Å². The molecule has 0 aromatic rings. The molecule has 1 atom stereocenters. The van der Waals surface area contributed by atoms with E-state index in [1.165, 1.54) is 6.16 Å². The first kappa shape index (κ1) is 7.91. The first-order valence-corrected chi connectivity index (χ1v) is 5.86. The molecule has 0 amide bonds. The van der Waals surface area contributed by atoms with Crippen LogP contribution in [0.25, 0.3) is 0 Å². The highest BCUT2D eigenvalue weighted by Crippen LogP contribution is 2.29. The Hall–Kier alpha value is 0.910. The molecule has 0 bridgehead atoms. The quantitative estimate of drug-likeness (QED) is 0.548. The van der Waals surface area contributed by atoms with Crippen molar-refractivity contribution in [1.82, 2.24) is 0 Å². The van der Waals surface area contributed by atoms with Crippen LogP contribution in [0.1, 0.15) is 20.8 Å². The van der Waals surface area contributed by atoms with Crippen molar-refractivity contribution in [1.29, 1.82) is 0 Å². The van der Waals surface area contributed by atoms with Gasteiger partial charge in [-0.1, -0.05) is 36.3 Å². The van der Waals surface area contributed by atoms with Crippen LogP contribution in [-0.2, 0) is 0 Å². The van der Waals surface area contributed by atoms with Crippen LogP contribution in [0.15, 0.2) is 0 Å². The molecule has 0 radical (unpaired) electrons. The maximum atomic E-state index is 3.41. The van der Waals surface area contributed by atoms with Crippen LogP contribution in [0.2, 0.25) is 0 Å². The van der Waals surface area contributed by atoms with E-state index in [-0.39, 0.29) is 0 Å². The second kappa shape index (κ2) is 3.04. The third-order valence-electron chi connectivity index (χ3n) is 0.597. The molecule has 0 N–H and O–H groups in total. The summed E-state index contributed by atoms with van der Waals surface area (Å²) in [6, 6.07) is 0. The van der Waals surface area contributed by atoms with Crippen molar-refractivity contribution in [3.8, 4) is 0 Å². The summed E-state index contributed by atoms with van der Waals surface area (Å²) in [5.41, 5.74) is 0.516. The molecule has 0 saturated carbocycles. The van der Waals surface area contributed by atoms with E-state index in [9.17, 15) is 0 Å². The van der Waals surface area contributed by atoms with Gasteiger partial charge >= 0.3 is 0 Å². The molecule has 2 heteroatoms. The molecule has 7 heavy (non-hydrogen) atoms. The van der Waals surface area contributed by atoms with Gasteiger partial charge in [0.25, 0.3) is 0 Å². The topological polar surface area (TPSA) is 0 Å². The van der Waals surface area contributed by atoms with Gasteiger partial charge in [0.15, 0.2) is 0 Å². The zero-order valence-corrected chi connectivity index (χ0v) is 7.67. The van der Waals surface area contributed by atoms with Gasteiger partial charge in [-0.25, -0.2) is 0 Å². The largest absolute Gasteiger partial charge is 0.0642 e. The van der Waals surface area contributed by atoms with Gasteiger partial charge in [-0.05, 0) is 18.9 Å². The highest BCUT2D eigenvalue weighted by atomic mass is 79.9. The Balaban J connectivity index is 3.15. The summed E-state index contributed by atoms with van der Waals surface area (Å²) >= 11 is 3.41. The standard InChI is InChI=1S/C5H12BrP/c1-5(2,3)4-7-6/h7H,4H2,1-3H3. The second-order valence-electron chi connectivity index (χ2n) is 2.87. The lowest BCUT2D eigenvalue weighted by Gasteiger charge is -2.14. The molecule has 0 heterocycles. The normalized spacial score (nSPS) is 13.7. The molecular weight excluding hydrogens is 171 g/mol. The Morgan fingerprint density at radius 2 is 1.86 bits per heavy atom. The molecule has 0 fully saturated rings. The number of hydrogen-bond acceptors (Lipinski definition) is 0. The average Bonchev–Trinajstić information content (AvgIpc) is 1.30. The fraction of sp³-hybridized carbons (Fsp3) is 1.00. The Bertz CT molecular complexity index is 46.5. The lowest BCUT2D eigenvalue weighted by atomic mass is 10.0. The molecule has 0 nitrogen and oxygen atoms in total. The van der Waals surface area contributed by atoms with Gasteiger partial charge in [0.2, 0.25) is 0 Å². The number of hydrogen-bond donors (Lipinski definition) is 0. The van der Waals surface area contributed by atoms with E-state index in [0.29, 0.717) is 5.41 Å². The third kappa shape index (κ3) is 6.91. The minimum atomic E-state index is 0.516. The van der Waals surface area contributed by atoms with Gasteiger partial charge in [0, 0.05) is 0 Å². The molecule has 0 aromatic carbocycles. The SMILES string of the molecule is CC(C)(C)CPBr. The minimum absolute atomic E-state index is 0.516. The molecule has 0 rings (SSSR count). The monoisotopic (exact) mass is 182 g/mol. The van der Waals surface area contributed by atoms with Crippen molar-refractivity contribution in [2.24, 2.45) is 5.41 Å². The minimum Gasteiger partial charge on any atom is -0.0642 e. The van der Waals surface area contributed by atoms with Crippen LogP contribution < -0.4 is 0 Å². The Morgan fingerprint density at radius 3 is 1.86 bits per heavy atom. The molecule has 0 aliphatic heterocycles. The van der Waals surface area contributed by atoms with Crippen LogP contribution in [-0.4, -0.2) is 6.16 Å². The predicted molar refractivity (Wildman–Crippen MR) is 41.6 cm³/mol. The zero-order valence-electron chi connectivity index (χ0n) is 5.09. The molecule has 1 unspecified atom stereocenters. The van der Waals surface area contributed by atoms with E-state index in [1.807, 2.05) is 0 Å². The lowest BCUT2D eigenvalue weighted by Crippen LogP contribution is -2.05. The zero-order chi connectivity index (χ0) is 5.91. The van der Waals surface area contributed by atoms with Crippen molar-refractivity contribution >= 4 is 22.8 Å². The Labute approximate surface area is 55.6 Å². The summed E-state index contributed by atoms with van der Waals surface area (Å²) in [5.74, 6) is 0. The van der Waals surface area contributed by atoms with E-state index >= 15 is 0 Å². The maximum absolute atomic E-state index is 3.41. The van der Waals surface area contributed by atoms with Gasteiger partial charge in [-0.2, -0.15) is 0 Å². The van der Waals surface area contributed by atoms with Crippen LogP contribution in [0.5, 0.6) is 0 Å². The van der Waals surface area contributed by atoms with E-state index in [2.05, 4.69) is 36.3 Å². The van der Waals surface area contributed by atoms with Crippen molar-refractivity contribution in [3.05, 3.63) is 0 Å². The molecule has 0 aliphatic rings.